The van der Waals surface area contributed by atoms with Crippen LogP contribution in [-0.4, -0.2) is 10.9 Å². The molecule has 5 heteroatoms. The summed E-state index contributed by atoms with van der Waals surface area (Å²) in [5.41, 5.74) is 1.70. The van der Waals surface area contributed by atoms with Gasteiger partial charge in [0.25, 0.3) is 0 Å². The molecule has 1 aromatic carbocycles. The van der Waals surface area contributed by atoms with Crippen molar-refractivity contribution >= 4 is 17.0 Å². The Balaban J connectivity index is 1.72. The van der Waals surface area contributed by atoms with Gasteiger partial charge in [0.1, 0.15) is 10.9 Å². The second-order valence-electron chi connectivity index (χ2n) is 4.91. The van der Waals surface area contributed by atoms with E-state index in [1.165, 1.54) is 0 Å². The summed E-state index contributed by atoms with van der Waals surface area (Å²) in [4.78, 5) is 16.1. The molecule has 0 saturated heterocycles. The first-order valence-corrected chi connectivity index (χ1v) is 6.19. The molecule has 0 radical (unpaired) electrons. The topological polar surface area (TPSA) is 78.9 Å². The Bertz CT molecular complexity index is 692. The van der Waals surface area contributed by atoms with Crippen LogP contribution in [0, 0.1) is 23.7 Å². The van der Waals surface area contributed by atoms with Gasteiger partial charge in [0.2, 0.25) is 5.91 Å². The zero-order valence-electron chi connectivity index (χ0n) is 10.6. The Morgan fingerprint density at radius 1 is 1.58 bits per heavy atom. The molecule has 1 amide bonds. The molecule has 5 nitrogen and oxygen atoms in total. The molecule has 1 aromatic heterocycles. The van der Waals surface area contributed by atoms with Crippen LogP contribution in [-0.2, 0) is 11.3 Å². The predicted molar refractivity (Wildman–Crippen MR) is 67.9 cm³/mol. The Morgan fingerprint density at radius 2 is 2.37 bits per heavy atom. The van der Waals surface area contributed by atoms with Crippen molar-refractivity contribution in [3.63, 3.8) is 0 Å². The Labute approximate surface area is 110 Å². The van der Waals surface area contributed by atoms with Gasteiger partial charge < -0.3 is 9.73 Å². The predicted octanol–water partition coefficient (Wildman–Crippen LogP) is 2.06. The van der Waals surface area contributed by atoms with Crippen molar-refractivity contribution in [1.29, 1.82) is 5.26 Å². The summed E-state index contributed by atoms with van der Waals surface area (Å²) in [7, 11) is 0. The van der Waals surface area contributed by atoms with Gasteiger partial charge in [-0.25, -0.2) is 4.98 Å². The van der Waals surface area contributed by atoms with Gasteiger partial charge in [0, 0.05) is 13.5 Å². The van der Waals surface area contributed by atoms with Gasteiger partial charge in [0.15, 0.2) is 11.5 Å². The van der Waals surface area contributed by atoms with E-state index in [0.29, 0.717) is 25.3 Å². The van der Waals surface area contributed by atoms with E-state index < -0.39 is 5.41 Å². The van der Waals surface area contributed by atoms with Crippen molar-refractivity contribution < 1.29 is 9.21 Å². The van der Waals surface area contributed by atoms with Crippen molar-refractivity contribution in [3.05, 3.63) is 29.7 Å². The average molecular weight is 255 g/mol. The van der Waals surface area contributed by atoms with Crippen LogP contribution < -0.4 is 5.32 Å². The second-order valence-corrected chi connectivity index (χ2v) is 4.91. The molecule has 0 atom stereocenters. The lowest BCUT2D eigenvalue weighted by Crippen LogP contribution is -2.30. The molecule has 1 fully saturated rings. The summed E-state index contributed by atoms with van der Waals surface area (Å²) in [6.45, 7) is 2.20. The molecule has 0 unspecified atom stereocenters. The molecule has 0 aliphatic heterocycles. The van der Waals surface area contributed by atoms with Crippen LogP contribution >= 0.6 is 0 Å². The van der Waals surface area contributed by atoms with E-state index in [9.17, 15) is 4.79 Å². The largest absolute Gasteiger partial charge is 0.441 e. The van der Waals surface area contributed by atoms with Crippen molar-refractivity contribution in [2.24, 2.45) is 5.41 Å². The smallest absolute Gasteiger partial charge is 0.240 e. The van der Waals surface area contributed by atoms with E-state index in [4.69, 9.17) is 9.68 Å². The number of nitriles is 1. The molecule has 96 valence electrons. The fraction of sp³-hybridized carbons (Fsp3) is 0.357. The first-order valence-electron chi connectivity index (χ1n) is 6.19. The van der Waals surface area contributed by atoms with Crippen LogP contribution in [0.5, 0.6) is 0 Å². The maximum absolute atomic E-state index is 11.8. The fourth-order valence-corrected chi connectivity index (χ4v) is 2.06. The molecule has 1 aliphatic carbocycles. The Morgan fingerprint density at radius 3 is 3.05 bits per heavy atom. The molecule has 1 heterocycles. The first-order chi connectivity index (χ1) is 9.13. The van der Waals surface area contributed by atoms with Crippen molar-refractivity contribution in [1.82, 2.24) is 10.3 Å². The molecular formula is C14H13N3O2. The number of aryl methyl sites for hydroxylation is 1. The van der Waals surface area contributed by atoms with Crippen molar-refractivity contribution in [2.45, 2.75) is 26.3 Å². The van der Waals surface area contributed by atoms with E-state index in [1.54, 1.807) is 6.92 Å². The normalized spacial score (nSPS) is 16.0. The highest BCUT2D eigenvalue weighted by atomic mass is 16.3. The maximum Gasteiger partial charge on any atom is 0.240 e. The molecule has 19 heavy (non-hydrogen) atoms. The molecule has 0 bridgehead atoms. The number of nitrogens with one attached hydrogen (secondary N) is 1. The number of hydrogen-bond donors (Lipinski definition) is 1. The first kappa shape index (κ1) is 11.7. The Kier molecular flexibility index (Phi) is 2.53. The summed E-state index contributed by atoms with van der Waals surface area (Å²) >= 11 is 0. The molecule has 1 aliphatic rings. The summed E-state index contributed by atoms with van der Waals surface area (Å²) in [6, 6.07) is 7.70. The van der Waals surface area contributed by atoms with Crippen LogP contribution in [0.2, 0.25) is 0 Å². The van der Waals surface area contributed by atoms with Crippen LogP contribution in [0.1, 0.15) is 24.3 Å². The minimum absolute atomic E-state index is 0.175. The maximum atomic E-state index is 11.8. The van der Waals surface area contributed by atoms with Gasteiger partial charge in [-0.3, -0.25) is 4.79 Å². The van der Waals surface area contributed by atoms with Gasteiger partial charge in [-0.05, 0) is 30.5 Å². The number of nitrogens with zero attached hydrogens (tertiary/aromatic N) is 2. The van der Waals surface area contributed by atoms with Crippen LogP contribution in [0.3, 0.4) is 0 Å². The lowest BCUT2D eigenvalue weighted by molar-refractivity contribution is -0.124. The van der Waals surface area contributed by atoms with E-state index in [-0.39, 0.29) is 5.91 Å². The summed E-state index contributed by atoms with van der Waals surface area (Å²) in [6.07, 6.45) is 1.33. The summed E-state index contributed by atoms with van der Waals surface area (Å²) < 4.78 is 5.39. The summed E-state index contributed by atoms with van der Waals surface area (Å²) in [5.74, 6) is 0.448. The SMILES string of the molecule is Cc1nc2cc(CNC(=O)C3(C#N)CC3)ccc2o1. The quantitative estimate of drug-likeness (QED) is 0.910. The van der Waals surface area contributed by atoms with Crippen LogP contribution in [0.25, 0.3) is 11.1 Å². The molecule has 1 saturated carbocycles. The van der Waals surface area contributed by atoms with Gasteiger partial charge in [-0.15, -0.1) is 0 Å². The molecule has 0 spiro atoms. The van der Waals surface area contributed by atoms with E-state index in [2.05, 4.69) is 16.4 Å². The number of fused-ring (bicyclic) bond motifs is 1. The third kappa shape index (κ3) is 2.06. The standard InChI is InChI=1S/C14H13N3O2/c1-9-17-11-6-10(2-3-12(11)19-9)7-16-13(18)14(8-15)4-5-14/h2-3,6H,4-5,7H2,1H3,(H,16,18). The van der Waals surface area contributed by atoms with Crippen molar-refractivity contribution in [2.75, 3.05) is 0 Å². The molecule has 1 N–H and O–H groups in total. The third-order valence-corrected chi connectivity index (χ3v) is 3.41. The third-order valence-electron chi connectivity index (χ3n) is 3.41. The minimum Gasteiger partial charge on any atom is -0.441 e. The van der Waals surface area contributed by atoms with E-state index >= 15 is 0 Å². The van der Waals surface area contributed by atoms with Gasteiger partial charge in [-0.2, -0.15) is 5.26 Å². The van der Waals surface area contributed by atoms with E-state index in [0.717, 1.165) is 16.7 Å². The van der Waals surface area contributed by atoms with Gasteiger partial charge >= 0.3 is 0 Å². The van der Waals surface area contributed by atoms with Crippen molar-refractivity contribution in [3.8, 4) is 6.07 Å². The molecule has 2 aromatic rings. The number of amides is 1. The lowest BCUT2D eigenvalue weighted by atomic mass is 10.1. The number of carbonyl (C=O) groups excluding carboxylic acids is 1. The van der Waals surface area contributed by atoms with E-state index in [1.807, 2.05) is 18.2 Å². The number of aromatic nitrogens is 1. The molecule has 3 rings (SSSR count). The highest BCUT2D eigenvalue weighted by Crippen LogP contribution is 2.45. The molecular weight excluding hydrogens is 242 g/mol. The highest BCUT2D eigenvalue weighted by Gasteiger charge is 2.50. The lowest BCUT2D eigenvalue weighted by Gasteiger charge is -2.07. The minimum atomic E-state index is -0.769. The van der Waals surface area contributed by atoms with Crippen LogP contribution in [0.15, 0.2) is 22.6 Å². The summed E-state index contributed by atoms with van der Waals surface area (Å²) in [5, 5.41) is 11.7. The zero-order chi connectivity index (χ0) is 13.5. The number of hydrogen-bond acceptors (Lipinski definition) is 4. The average Bonchev–Trinajstić information content (AvgIpc) is 3.12. The number of carbonyl (C=O) groups is 1. The number of benzene rings is 1. The highest BCUT2D eigenvalue weighted by molar-refractivity contribution is 5.88. The monoisotopic (exact) mass is 255 g/mol. The number of rotatable bonds is 3. The fourth-order valence-electron chi connectivity index (χ4n) is 2.06. The van der Waals surface area contributed by atoms with Gasteiger partial charge in [-0.1, -0.05) is 6.07 Å². The Hall–Kier alpha value is -2.35. The van der Waals surface area contributed by atoms with Gasteiger partial charge in [0.05, 0.1) is 6.07 Å². The van der Waals surface area contributed by atoms with Crippen LogP contribution in [0.4, 0.5) is 0 Å². The number of oxazole rings is 1. The second kappa shape index (κ2) is 4.09. The zero-order valence-corrected chi connectivity index (χ0v) is 10.6.